The highest BCUT2D eigenvalue weighted by atomic mass is 16.2. The predicted octanol–water partition coefficient (Wildman–Crippen LogP) is 2.90. The molecule has 1 N–H and O–H groups in total. The van der Waals surface area contributed by atoms with Crippen LogP contribution in [0.5, 0.6) is 0 Å². The van der Waals surface area contributed by atoms with Gasteiger partial charge >= 0.3 is 0 Å². The lowest BCUT2D eigenvalue weighted by molar-refractivity contribution is -0.139. The lowest BCUT2D eigenvalue weighted by atomic mass is 9.80. The fourth-order valence-electron chi connectivity index (χ4n) is 3.94. The Balaban J connectivity index is 1.52. The highest BCUT2D eigenvalue weighted by Gasteiger charge is 2.33. The maximum Gasteiger partial charge on any atom is 0.225 e. The normalized spacial score (nSPS) is 23.5. The van der Waals surface area contributed by atoms with E-state index in [4.69, 9.17) is 0 Å². The standard InChI is InChI=1S/C20H28N2O2/c1-2-12-21-19(23)16-7-9-17(10-8-16)20(24)22-13-11-15-5-3-4-6-18(15)14-22/h3-6,16-17H,2,7-14H2,1H3,(H,21,23). The van der Waals surface area contributed by atoms with Crippen LogP contribution in [0.15, 0.2) is 24.3 Å². The molecule has 2 amide bonds. The number of hydrogen-bond donors (Lipinski definition) is 1. The zero-order chi connectivity index (χ0) is 16.9. The molecule has 2 aliphatic rings. The zero-order valence-corrected chi connectivity index (χ0v) is 14.6. The molecule has 1 saturated carbocycles. The minimum Gasteiger partial charge on any atom is -0.356 e. The van der Waals surface area contributed by atoms with Crippen molar-refractivity contribution in [2.45, 2.75) is 52.0 Å². The second-order valence-corrected chi connectivity index (χ2v) is 7.12. The van der Waals surface area contributed by atoms with E-state index in [9.17, 15) is 9.59 Å². The molecule has 0 aromatic heterocycles. The largest absolute Gasteiger partial charge is 0.356 e. The van der Waals surface area contributed by atoms with E-state index >= 15 is 0 Å². The van der Waals surface area contributed by atoms with Gasteiger partial charge in [0, 0.05) is 31.5 Å². The smallest absolute Gasteiger partial charge is 0.225 e. The molecule has 1 aliphatic carbocycles. The Morgan fingerprint density at radius 1 is 1.08 bits per heavy atom. The van der Waals surface area contributed by atoms with E-state index < -0.39 is 0 Å². The Bertz CT molecular complexity index is 591. The Morgan fingerprint density at radius 2 is 1.75 bits per heavy atom. The molecule has 0 saturated heterocycles. The van der Waals surface area contributed by atoms with Gasteiger partial charge in [-0.2, -0.15) is 0 Å². The van der Waals surface area contributed by atoms with Gasteiger partial charge in [-0.3, -0.25) is 9.59 Å². The molecule has 4 heteroatoms. The molecule has 130 valence electrons. The Morgan fingerprint density at radius 3 is 2.46 bits per heavy atom. The molecular formula is C20H28N2O2. The number of rotatable bonds is 4. The first-order valence-electron chi connectivity index (χ1n) is 9.32. The Kier molecular flexibility index (Phi) is 5.54. The van der Waals surface area contributed by atoms with Gasteiger partial charge in [-0.05, 0) is 49.7 Å². The van der Waals surface area contributed by atoms with Gasteiger partial charge in [0.05, 0.1) is 0 Å². The molecule has 0 atom stereocenters. The molecule has 1 fully saturated rings. The van der Waals surface area contributed by atoms with E-state index in [0.717, 1.165) is 58.2 Å². The molecule has 0 unspecified atom stereocenters. The molecule has 3 rings (SSSR count). The second kappa shape index (κ2) is 7.82. The number of hydrogen-bond acceptors (Lipinski definition) is 2. The third-order valence-corrected chi connectivity index (χ3v) is 5.44. The third-order valence-electron chi connectivity index (χ3n) is 5.44. The fraction of sp³-hybridized carbons (Fsp3) is 0.600. The summed E-state index contributed by atoms with van der Waals surface area (Å²) in [6.45, 7) is 4.39. The van der Waals surface area contributed by atoms with E-state index in [1.807, 2.05) is 11.0 Å². The average molecular weight is 328 g/mol. The number of benzene rings is 1. The van der Waals surface area contributed by atoms with Crippen molar-refractivity contribution in [2.24, 2.45) is 11.8 Å². The second-order valence-electron chi connectivity index (χ2n) is 7.12. The van der Waals surface area contributed by atoms with Crippen LogP contribution in [0.2, 0.25) is 0 Å². The topological polar surface area (TPSA) is 49.4 Å². The number of carbonyl (C=O) groups excluding carboxylic acids is 2. The van der Waals surface area contributed by atoms with Crippen molar-refractivity contribution in [3.05, 3.63) is 35.4 Å². The summed E-state index contributed by atoms with van der Waals surface area (Å²) >= 11 is 0. The number of carbonyl (C=O) groups is 2. The van der Waals surface area contributed by atoms with E-state index in [2.05, 4.69) is 30.4 Å². The van der Waals surface area contributed by atoms with Crippen LogP contribution in [-0.2, 0) is 22.6 Å². The number of amides is 2. The van der Waals surface area contributed by atoms with Crippen LogP contribution in [0.25, 0.3) is 0 Å². The first kappa shape index (κ1) is 17.0. The maximum absolute atomic E-state index is 12.8. The molecule has 1 aliphatic heterocycles. The van der Waals surface area contributed by atoms with Gasteiger partial charge in [-0.1, -0.05) is 31.2 Å². The van der Waals surface area contributed by atoms with Crippen molar-refractivity contribution in [1.82, 2.24) is 10.2 Å². The minimum absolute atomic E-state index is 0.0997. The zero-order valence-electron chi connectivity index (χ0n) is 14.6. The summed E-state index contributed by atoms with van der Waals surface area (Å²) in [6.07, 6.45) is 5.31. The number of nitrogens with zero attached hydrogens (tertiary/aromatic N) is 1. The minimum atomic E-state index is 0.0997. The molecule has 4 nitrogen and oxygen atoms in total. The van der Waals surface area contributed by atoms with Crippen LogP contribution >= 0.6 is 0 Å². The lowest BCUT2D eigenvalue weighted by Crippen LogP contribution is -2.42. The summed E-state index contributed by atoms with van der Waals surface area (Å²) in [5.41, 5.74) is 2.66. The van der Waals surface area contributed by atoms with Gasteiger partial charge < -0.3 is 10.2 Å². The van der Waals surface area contributed by atoms with E-state index in [1.54, 1.807) is 0 Å². The molecule has 1 heterocycles. The number of nitrogens with one attached hydrogen (secondary N) is 1. The third kappa shape index (κ3) is 3.80. The molecular weight excluding hydrogens is 300 g/mol. The van der Waals surface area contributed by atoms with E-state index in [1.165, 1.54) is 11.1 Å². The van der Waals surface area contributed by atoms with Crippen molar-refractivity contribution in [3.8, 4) is 0 Å². The van der Waals surface area contributed by atoms with Crippen molar-refractivity contribution in [3.63, 3.8) is 0 Å². The molecule has 0 bridgehead atoms. The lowest BCUT2D eigenvalue weighted by Gasteiger charge is -2.34. The average Bonchev–Trinajstić information content (AvgIpc) is 2.65. The summed E-state index contributed by atoms with van der Waals surface area (Å²) in [4.78, 5) is 26.9. The highest BCUT2D eigenvalue weighted by Crippen LogP contribution is 2.31. The SMILES string of the molecule is CCCNC(=O)C1CCC(C(=O)N2CCc3ccccc3C2)CC1. The number of fused-ring (bicyclic) bond motifs is 1. The van der Waals surface area contributed by atoms with Crippen LogP contribution in [0.1, 0.15) is 50.2 Å². The summed E-state index contributed by atoms with van der Waals surface area (Å²) < 4.78 is 0. The van der Waals surface area contributed by atoms with Gasteiger partial charge in [0.25, 0.3) is 0 Å². The highest BCUT2D eigenvalue weighted by molar-refractivity contribution is 5.81. The molecule has 24 heavy (non-hydrogen) atoms. The van der Waals surface area contributed by atoms with Crippen molar-refractivity contribution in [1.29, 1.82) is 0 Å². The molecule has 1 aromatic carbocycles. The van der Waals surface area contributed by atoms with Gasteiger partial charge in [-0.25, -0.2) is 0 Å². The van der Waals surface area contributed by atoms with Crippen molar-refractivity contribution >= 4 is 11.8 Å². The van der Waals surface area contributed by atoms with Gasteiger partial charge in [-0.15, -0.1) is 0 Å². The summed E-state index contributed by atoms with van der Waals surface area (Å²) in [6, 6.07) is 8.41. The van der Waals surface area contributed by atoms with E-state index in [-0.39, 0.29) is 23.7 Å². The molecule has 0 spiro atoms. The first-order chi connectivity index (χ1) is 11.7. The van der Waals surface area contributed by atoms with Crippen LogP contribution in [0, 0.1) is 11.8 Å². The molecule has 0 radical (unpaired) electrons. The quantitative estimate of drug-likeness (QED) is 0.924. The Hall–Kier alpha value is -1.84. The van der Waals surface area contributed by atoms with Crippen LogP contribution in [-0.4, -0.2) is 29.8 Å². The molecule has 1 aromatic rings. The van der Waals surface area contributed by atoms with Crippen LogP contribution < -0.4 is 5.32 Å². The van der Waals surface area contributed by atoms with Gasteiger partial charge in [0.15, 0.2) is 0 Å². The fourth-order valence-corrected chi connectivity index (χ4v) is 3.94. The first-order valence-corrected chi connectivity index (χ1v) is 9.32. The summed E-state index contributed by atoms with van der Waals surface area (Å²) in [7, 11) is 0. The van der Waals surface area contributed by atoms with Gasteiger partial charge in [0.1, 0.15) is 0 Å². The van der Waals surface area contributed by atoms with Crippen LogP contribution in [0.4, 0.5) is 0 Å². The van der Waals surface area contributed by atoms with E-state index in [0.29, 0.717) is 0 Å². The summed E-state index contributed by atoms with van der Waals surface area (Å²) in [5, 5.41) is 2.99. The predicted molar refractivity (Wildman–Crippen MR) is 94.3 cm³/mol. The van der Waals surface area contributed by atoms with Crippen molar-refractivity contribution in [2.75, 3.05) is 13.1 Å². The van der Waals surface area contributed by atoms with Crippen LogP contribution in [0.3, 0.4) is 0 Å². The monoisotopic (exact) mass is 328 g/mol. The maximum atomic E-state index is 12.8. The Labute approximate surface area is 144 Å². The van der Waals surface area contributed by atoms with Crippen molar-refractivity contribution < 1.29 is 9.59 Å². The van der Waals surface area contributed by atoms with Gasteiger partial charge in [0.2, 0.25) is 11.8 Å². The summed E-state index contributed by atoms with van der Waals surface area (Å²) in [5.74, 6) is 0.666.